The maximum absolute atomic E-state index is 2.87. The summed E-state index contributed by atoms with van der Waals surface area (Å²) in [4.78, 5) is 5.63. The molecule has 2 heteroatoms. The number of hydrogen-bond donors (Lipinski definition) is 0. The summed E-state index contributed by atoms with van der Waals surface area (Å²) < 4.78 is 0. The van der Waals surface area contributed by atoms with Crippen LogP contribution in [0.3, 0.4) is 0 Å². The minimum atomic E-state index is 0.136. The van der Waals surface area contributed by atoms with E-state index in [2.05, 4.69) is 104 Å². The Morgan fingerprint density at radius 2 is 1.09 bits per heavy atom. The van der Waals surface area contributed by atoms with Crippen LogP contribution in [0.15, 0.2) is 72.4 Å². The van der Waals surface area contributed by atoms with Gasteiger partial charge in [0.15, 0.2) is 0 Å². The summed E-state index contributed by atoms with van der Waals surface area (Å²) >= 11 is 0. The lowest BCUT2D eigenvalue weighted by molar-refractivity contribution is 0.0281. The lowest BCUT2D eigenvalue weighted by Gasteiger charge is -2.59. The number of rotatable bonds is 12. The SMILES string of the molecule is CCCN(CCC)C1=CC2(N(CCC)CCC)C[C@@H](c3ccccc3)C1[C@H](c1ccccc1)C2. The molecule has 0 radical (unpaired) electrons. The van der Waals surface area contributed by atoms with Crippen molar-refractivity contribution < 1.29 is 0 Å². The maximum Gasteiger partial charge on any atom is 0.0423 e. The van der Waals surface area contributed by atoms with Crippen molar-refractivity contribution in [3.8, 4) is 0 Å². The molecule has 2 aromatic carbocycles. The van der Waals surface area contributed by atoms with Crippen LogP contribution in [-0.2, 0) is 0 Å². The van der Waals surface area contributed by atoms with E-state index in [9.17, 15) is 0 Å². The van der Waals surface area contributed by atoms with Crippen molar-refractivity contribution in [2.45, 2.75) is 83.6 Å². The van der Waals surface area contributed by atoms with Gasteiger partial charge in [-0.05, 0) is 80.7 Å². The molecule has 0 aliphatic heterocycles. The largest absolute Gasteiger partial charge is 0.375 e. The van der Waals surface area contributed by atoms with Crippen LogP contribution >= 0.6 is 0 Å². The van der Waals surface area contributed by atoms with E-state index in [1.807, 2.05) is 0 Å². The minimum absolute atomic E-state index is 0.136. The fraction of sp³-hybridized carbons (Fsp3) is 0.562. The second-order valence-corrected chi connectivity index (χ2v) is 10.6. The average Bonchev–Trinajstić information content (AvgIpc) is 2.89. The van der Waals surface area contributed by atoms with Gasteiger partial charge in [0, 0.05) is 30.2 Å². The van der Waals surface area contributed by atoms with E-state index in [4.69, 9.17) is 0 Å². The quantitative estimate of drug-likeness (QED) is 0.319. The molecule has 0 N–H and O–H groups in total. The summed E-state index contributed by atoms with van der Waals surface area (Å²) in [5.74, 6) is 1.68. The first kappa shape index (κ1) is 25.0. The zero-order valence-corrected chi connectivity index (χ0v) is 22.0. The molecule has 0 spiro atoms. The smallest absolute Gasteiger partial charge is 0.0423 e. The van der Waals surface area contributed by atoms with Crippen molar-refractivity contribution in [2.24, 2.45) is 5.92 Å². The highest BCUT2D eigenvalue weighted by atomic mass is 15.2. The second kappa shape index (κ2) is 11.6. The molecule has 184 valence electrons. The molecule has 1 fully saturated rings. The summed E-state index contributed by atoms with van der Waals surface area (Å²) in [7, 11) is 0. The number of allylic oxidation sites excluding steroid dienone is 1. The highest BCUT2D eigenvalue weighted by Gasteiger charge is 2.54. The van der Waals surface area contributed by atoms with Crippen molar-refractivity contribution in [3.63, 3.8) is 0 Å². The molecule has 1 saturated carbocycles. The Morgan fingerprint density at radius 1 is 0.647 bits per heavy atom. The molecule has 2 nitrogen and oxygen atoms in total. The number of nitrogens with zero attached hydrogens (tertiary/aromatic N) is 2. The average molecular weight is 459 g/mol. The van der Waals surface area contributed by atoms with Gasteiger partial charge in [0.05, 0.1) is 0 Å². The lowest BCUT2D eigenvalue weighted by Crippen LogP contribution is -2.58. The highest BCUT2D eigenvalue weighted by Crippen LogP contribution is 2.59. The van der Waals surface area contributed by atoms with Crippen LogP contribution in [0.2, 0.25) is 0 Å². The molecule has 34 heavy (non-hydrogen) atoms. The Kier molecular flexibility index (Phi) is 8.53. The van der Waals surface area contributed by atoms with Crippen LogP contribution in [0.5, 0.6) is 0 Å². The van der Waals surface area contributed by atoms with Crippen molar-refractivity contribution in [1.82, 2.24) is 9.80 Å². The fourth-order valence-electron chi connectivity index (χ4n) is 6.99. The molecule has 5 rings (SSSR count). The Labute approximate surface area is 209 Å². The van der Waals surface area contributed by atoms with Crippen LogP contribution < -0.4 is 0 Å². The summed E-state index contributed by atoms with van der Waals surface area (Å²) in [5, 5.41) is 0. The number of hydrogen-bond acceptors (Lipinski definition) is 2. The van der Waals surface area contributed by atoms with E-state index in [1.165, 1.54) is 62.7 Å². The van der Waals surface area contributed by atoms with Gasteiger partial charge < -0.3 is 4.90 Å². The van der Waals surface area contributed by atoms with Crippen LogP contribution in [0.1, 0.15) is 89.2 Å². The van der Waals surface area contributed by atoms with Crippen molar-refractivity contribution in [3.05, 3.63) is 83.6 Å². The zero-order chi connectivity index (χ0) is 24.0. The van der Waals surface area contributed by atoms with Crippen LogP contribution in [0, 0.1) is 5.92 Å². The van der Waals surface area contributed by atoms with Gasteiger partial charge in [-0.25, -0.2) is 0 Å². The maximum atomic E-state index is 2.87. The van der Waals surface area contributed by atoms with Gasteiger partial charge in [0.1, 0.15) is 0 Å². The lowest BCUT2D eigenvalue weighted by atomic mass is 9.54. The first-order valence-electron chi connectivity index (χ1n) is 14.0. The molecule has 0 heterocycles. The third-order valence-electron chi connectivity index (χ3n) is 8.20. The van der Waals surface area contributed by atoms with E-state index in [0.29, 0.717) is 17.8 Å². The molecule has 2 bridgehead atoms. The minimum Gasteiger partial charge on any atom is -0.375 e. The monoisotopic (exact) mass is 458 g/mol. The van der Waals surface area contributed by atoms with Gasteiger partial charge in [0.25, 0.3) is 0 Å². The van der Waals surface area contributed by atoms with Gasteiger partial charge in [-0.2, -0.15) is 0 Å². The molecular formula is C32H46N2. The van der Waals surface area contributed by atoms with E-state index in [0.717, 1.165) is 13.1 Å². The second-order valence-electron chi connectivity index (χ2n) is 10.6. The predicted octanol–water partition coefficient (Wildman–Crippen LogP) is 7.84. The van der Waals surface area contributed by atoms with Crippen LogP contribution in [-0.4, -0.2) is 41.5 Å². The molecule has 0 unspecified atom stereocenters. The Hall–Kier alpha value is -2.06. The molecule has 3 aliphatic rings. The van der Waals surface area contributed by atoms with Crippen molar-refractivity contribution >= 4 is 0 Å². The van der Waals surface area contributed by atoms with Crippen molar-refractivity contribution in [2.75, 3.05) is 26.2 Å². The predicted molar refractivity (Wildman–Crippen MR) is 146 cm³/mol. The van der Waals surface area contributed by atoms with E-state index >= 15 is 0 Å². The topological polar surface area (TPSA) is 6.48 Å². The van der Waals surface area contributed by atoms with E-state index in [-0.39, 0.29) is 5.54 Å². The van der Waals surface area contributed by atoms with Gasteiger partial charge >= 0.3 is 0 Å². The Bertz CT molecular complexity index is 842. The van der Waals surface area contributed by atoms with Gasteiger partial charge in [-0.1, -0.05) is 88.4 Å². The van der Waals surface area contributed by atoms with E-state index in [1.54, 1.807) is 5.70 Å². The first-order valence-corrected chi connectivity index (χ1v) is 14.0. The number of benzene rings is 2. The standard InChI is InChI=1S/C32H46N2/c1-5-19-33(20-6-2)30-25-32(34(21-7-3)22-8-4)23-28(26-15-11-9-12-16-26)31(30)29(24-32)27-17-13-10-14-18-27/h9-18,25,28-29,31H,5-8,19-24H2,1-4H3/t28-,29-,31?,32?/m0/s1. The van der Waals surface area contributed by atoms with Gasteiger partial charge in [-0.15, -0.1) is 0 Å². The molecule has 0 saturated heterocycles. The summed E-state index contributed by atoms with van der Waals surface area (Å²) in [6, 6.07) is 22.9. The first-order chi connectivity index (χ1) is 16.7. The molecule has 2 aromatic rings. The summed E-state index contributed by atoms with van der Waals surface area (Å²) in [6.07, 6.45) is 10.1. The summed E-state index contributed by atoms with van der Waals surface area (Å²) in [6.45, 7) is 14.1. The third-order valence-corrected chi connectivity index (χ3v) is 8.20. The van der Waals surface area contributed by atoms with Gasteiger partial charge in [0.2, 0.25) is 0 Å². The number of fused-ring (bicyclic) bond motifs is 2. The Balaban J connectivity index is 1.90. The van der Waals surface area contributed by atoms with E-state index < -0.39 is 0 Å². The fourth-order valence-corrected chi connectivity index (χ4v) is 6.99. The normalized spacial score (nSPS) is 26.0. The summed E-state index contributed by atoms with van der Waals surface area (Å²) in [5.41, 5.74) is 4.84. The van der Waals surface area contributed by atoms with Crippen molar-refractivity contribution in [1.29, 1.82) is 0 Å². The van der Waals surface area contributed by atoms with Crippen LogP contribution in [0.4, 0.5) is 0 Å². The van der Waals surface area contributed by atoms with Crippen LogP contribution in [0.25, 0.3) is 0 Å². The molecule has 3 aliphatic carbocycles. The zero-order valence-electron chi connectivity index (χ0n) is 22.0. The van der Waals surface area contributed by atoms with Gasteiger partial charge in [-0.3, -0.25) is 4.90 Å². The highest BCUT2D eigenvalue weighted by molar-refractivity contribution is 5.40. The molecular weight excluding hydrogens is 412 g/mol. The third kappa shape index (κ3) is 4.98. The molecule has 2 atom stereocenters. The molecule has 0 aromatic heterocycles. The molecule has 0 amide bonds. The Morgan fingerprint density at radius 3 is 1.50 bits per heavy atom.